The fraction of sp³-hybridized carbons (Fsp3) is 0.167. The van der Waals surface area contributed by atoms with Gasteiger partial charge in [0.05, 0.1) is 0 Å². The highest BCUT2D eigenvalue weighted by Crippen LogP contribution is 2.31. The lowest BCUT2D eigenvalue weighted by atomic mass is 10.1. The van der Waals surface area contributed by atoms with E-state index in [2.05, 4.69) is 10.6 Å². The van der Waals surface area contributed by atoms with Crippen molar-refractivity contribution in [3.63, 3.8) is 0 Å². The van der Waals surface area contributed by atoms with Crippen LogP contribution >= 0.6 is 0 Å². The van der Waals surface area contributed by atoms with Crippen LogP contribution in [0.5, 0.6) is 11.5 Å². The van der Waals surface area contributed by atoms with Gasteiger partial charge in [-0.05, 0) is 73.9 Å². The number of para-hydroxylation sites is 1. The highest BCUT2D eigenvalue weighted by molar-refractivity contribution is 6.05. The number of nitrogens with one attached hydrogen (secondary N) is 2. The maximum Gasteiger partial charge on any atom is 0.255 e. The minimum atomic E-state index is -0.218. The first-order valence-electron chi connectivity index (χ1n) is 9.64. The van der Waals surface area contributed by atoms with Gasteiger partial charge >= 0.3 is 0 Å². The Bertz CT molecular complexity index is 1030. The summed E-state index contributed by atoms with van der Waals surface area (Å²) in [6.45, 7) is 1.92. The SMILES string of the molecule is Cc1ccc(NC(=O)C2CC2)cc1NC(=O)c1ccc(Oc2ccccc2)cc1. The van der Waals surface area contributed by atoms with E-state index >= 15 is 0 Å². The van der Waals surface area contributed by atoms with Crippen LogP contribution in [0.25, 0.3) is 0 Å². The van der Waals surface area contributed by atoms with Crippen LogP contribution in [0.2, 0.25) is 0 Å². The van der Waals surface area contributed by atoms with Crippen LogP contribution < -0.4 is 15.4 Å². The van der Waals surface area contributed by atoms with Crippen LogP contribution in [0.1, 0.15) is 28.8 Å². The van der Waals surface area contributed by atoms with Crippen molar-refractivity contribution in [1.29, 1.82) is 0 Å². The third kappa shape index (κ3) is 4.82. The number of ether oxygens (including phenoxy) is 1. The maximum atomic E-state index is 12.6. The molecule has 0 heterocycles. The van der Waals surface area contributed by atoms with Crippen molar-refractivity contribution in [2.45, 2.75) is 19.8 Å². The average molecular weight is 386 g/mol. The summed E-state index contributed by atoms with van der Waals surface area (Å²) < 4.78 is 5.76. The smallest absolute Gasteiger partial charge is 0.255 e. The average Bonchev–Trinajstić information content (AvgIpc) is 3.57. The Balaban J connectivity index is 1.42. The van der Waals surface area contributed by atoms with Gasteiger partial charge in [0, 0.05) is 22.9 Å². The zero-order valence-corrected chi connectivity index (χ0v) is 16.1. The van der Waals surface area contributed by atoms with Gasteiger partial charge in [0.25, 0.3) is 5.91 Å². The highest BCUT2D eigenvalue weighted by atomic mass is 16.5. The number of hydrogen-bond donors (Lipinski definition) is 2. The van der Waals surface area contributed by atoms with Crippen molar-refractivity contribution in [1.82, 2.24) is 0 Å². The molecule has 1 fully saturated rings. The van der Waals surface area contributed by atoms with Gasteiger partial charge in [0.1, 0.15) is 11.5 Å². The lowest BCUT2D eigenvalue weighted by Crippen LogP contribution is -2.15. The summed E-state index contributed by atoms with van der Waals surface area (Å²) in [5, 5.41) is 5.83. The molecule has 2 N–H and O–H groups in total. The zero-order chi connectivity index (χ0) is 20.2. The number of rotatable bonds is 6. The number of hydrogen-bond acceptors (Lipinski definition) is 3. The van der Waals surface area contributed by atoms with Crippen molar-refractivity contribution < 1.29 is 14.3 Å². The molecular formula is C24H22N2O3. The van der Waals surface area contributed by atoms with E-state index in [1.165, 1.54) is 0 Å². The second-order valence-electron chi connectivity index (χ2n) is 7.19. The molecule has 2 amide bonds. The second-order valence-corrected chi connectivity index (χ2v) is 7.19. The Kier molecular flexibility index (Phi) is 5.29. The van der Waals surface area contributed by atoms with E-state index in [0.29, 0.717) is 22.7 Å². The largest absolute Gasteiger partial charge is 0.457 e. The second kappa shape index (κ2) is 8.19. The molecule has 0 bridgehead atoms. The van der Waals surface area contributed by atoms with Crippen LogP contribution in [0.4, 0.5) is 11.4 Å². The molecule has 1 saturated carbocycles. The minimum Gasteiger partial charge on any atom is -0.457 e. The lowest BCUT2D eigenvalue weighted by molar-refractivity contribution is -0.117. The number of amides is 2. The molecule has 4 rings (SSSR count). The van der Waals surface area contributed by atoms with Gasteiger partial charge in [-0.25, -0.2) is 0 Å². The molecule has 0 radical (unpaired) electrons. The molecule has 0 aliphatic heterocycles. The van der Waals surface area contributed by atoms with Crippen LogP contribution in [0, 0.1) is 12.8 Å². The molecule has 0 saturated heterocycles. The summed E-state index contributed by atoms with van der Waals surface area (Å²) in [5.41, 5.74) is 2.81. The Morgan fingerprint density at radius 1 is 0.862 bits per heavy atom. The molecule has 0 aromatic heterocycles. The number of carbonyl (C=O) groups is 2. The first-order chi connectivity index (χ1) is 14.1. The van der Waals surface area contributed by atoms with Crippen molar-refractivity contribution >= 4 is 23.2 Å². The van der Waals surface area contributed by atoms with Gasteiger partial charge < -0.3 is 15.4 Å². The lowest BCUT2D eigenvalue weighted by Gasteiger charge is -2.12. The summed E-state index contributed by atoms with van der Waals surface area (Å²) in [5.74, 6) is 1.36. The van der Waals surface area contributed by atoms with Gasteiger partial charge in [0.2, 0.25) is 5.91 Å². The molecule has 1 aliphatic rings. The highest BCUT2D eigenvalue weighted by Gasteiger charge is 2.29. The van der Waals surface area contributed by atoms with E-state index in [1.54, 1.807) is 30.3 Å². The van der Waals surface area contributed by atoms with E-state index in [1.807, 2.05) is 49.4 Å². The van der Waals surface area contributed by atoms with E-state index < -0.39 is 0 Å². The van der Waals surface area contributed by atoms with Crippen LogP contribution in [0.15, 0.2) is 72.8 Å². The van der Waals surface area contributed by atoms with Crippen LogP contribution in [-0.2, 0) is 4.79 Å². The van der Waals surface area contributed by atoms with Crippen LogP contribution in [0.3, 0.4) is 0 Å². The van der Waals surface area contributed by atoms with Crippen molar-refractivity contribution in [2.24, 2.45) is 5.92 Å². The van der Waals surface area contributed by atoms with Gasteiger partial charge in [-0.15, -0.1) is 0 Å². The summed E-state index contributed by atoms with van der Waals surface area (Å²) in [6, 6.07) is 22.0. The molecule has 0 unspecified atom stereocenters. The van der Waals surface area contributed by atoms with Crippen molar-refractivity contribution in [3.05, 3.63) is 83.9 Å². The Labute approximate surface area is 169 Å². The predicted molar refractivity (Wildman–Crippen MR) is 113 cm³/mol. The monoisotopic (exact) mass is 386 g/mol. The first-order valence-corrected chi connectivity index (χ1v) is 9.64. The molecule has 146 valence electrons. The topological polar surface area (TPSA) is 67.4 Å². The summed E-state index contributed by atoms with van der Waals surface area (Å²) in [7, 11) is 0. The van der Waals surface area contributed by atoms with Crippen molar-refractivity contribution in [2.75, 3.05) is 10.6 Å². The number of anilines is 2. The van der Waals surface area contributed by atoms with Gasteiger partial charge in [-0.2, -0.15) is 0 Å². The number of carbonyl (C=O) groups excluding carboxylic acids is 2. The summed E-state index contributed by atoms with van der Waals surface area (Å²) >= 11 is 0. The number of aryl methyl sites for hydroxylation is 1. The minimum absolute atomic E-state index is 0.0418. The van der Waals surface area contributed by atoms with Crippen molar-refractivity contribution in [3.8, 4) is 11.5 Å². The van der Waals surface area contributed by atoms with E-state index in [9.17, 15) is 9.59 Å². The Morgan fingerprint density at radius 3 is 2.24 bits per heavy atom. The fourth-order valence-electron chi connectivity index (χ4n) is 2.92. The van der Waals surface area contributed by atoms with Gasteiger partial charge in [0.15, 0.2) is 0 Å². The molecule has 3 aromatic rings. The fourth-order valence-corrected chi connectivity index (χ4v) is 2.92. The number of benzene rings is 3. The zero-order valence-electron chi connectivity index (χ0n) is 16.1. The van der Waals surface area contributed by atoms with E-state index in [4.69, 9.17) is 4.74 Å². The normalized spacial score (nSPS) is 12.9. The molecule has 5 nitrogen and oxygen atoms in total. The predicted octanol–water partition coefficient (Wildman–Crippen LogP) is 5.39. The van der Waals surface area contributed by atoms with Gasteiger partial charge in [-0.3, -0.25) is 9.59 Å². The molecule has 0 spiro atoms. The molecule has 1 aliphatic carbocycles. The standard InChI is InChI=1S/C24H22N2O3/c1-16-7-12-19(25-23(27)17-8-9-17)15-22(16)26-24(28)18-10-13-21(14-11-18)29-20-5-3-2-4-6-20/h2-7,10-15,17H,8-9H2,1H3,(H,25,27)(H,26,28). The first kappa shape index (κ1) is 18.7. The third-order valence-electron chi connectivity index (χ3n) is 4.80. The maximum absolute atomic E-state index is 12.6. The Morgan fingerprint density at radius 2 is 1.55 bits per heavy atom. The van der Waals surface area contributed by atoms with Crippen LogP contribution in [-0.4, -0.2) is 11.8 Å². The molecule has 29 heavy (non-hydrogen) atoms. The van der Waals surface area contributed by atoms with E-state index in [0.717, 1.165) is 24.2 Å². The van der Waals surface area contributed by atoms with Gasteiger partial charge in [-0.1, -0.05) is 24.3 Å². The summed E-state index contributed by atoms with van der Waals surface area (Å²) in [6.07, 6.45) is 1.90. The molecule has 5 heteroatoms. The quantitative estimate of drug-likeness (QED) is 0.597. The molecule has 3 aromatic carbocycles. The summed E-state index contributed by atoms with van der Waals surface area (Å²) in [4.78, 5) is 24.6. The molecule has 0 atom stereocenters. The van der Waals surface area contributed by atoms with E-state index in [-0.39, 0.29) is 17.7 Å². The molecular weight excluding hydrogens is 364 g/mol. The third-order valence-corrected chi connectivity index (χ3v) is 4.80. The Hall–Kier alpha value is -3.60.